The van der Waals surface area contributed by atoms with Crippen LogP contribution in [0.1, 0.15) is 39.5 Å². The predicted molar refractivity (Wildman–Crippen MR) is 73.5 cm³/mol. The van der Waals surface area contributed by atoms with E-state index in [0.717, 1.165) is 32.4 Å². The molecule has 0 aliphatic carbocycles. The molecule has 2 fully saturated rings. The van der Waals surface area contributed by atoms with Crippen molar-refractivity contribution < 1.29 is 9.59 Å². The van der Waals surface area contributed by atoms with Gasteiger partial charge in [0.05, 0.1) is 0 Å². The van der Waals surface area contributed by atoms with Crippen LogP contribution in [-0.4, -0.2) is 37.5 Å². The highest BCUT2D eigenvalue weighted by Crippen LogP contribution is 2.32. The number of hydrogen-bond donors (Lipinski definition) is 3. The van der Waals surface area contributed by atoms with E-state index in [4.69, 9.17) is 0 Å². The first-order valence-electron chi connectivity index (χ1n) is 7.28. The number of hydrogen-bond acceptors (Lipinski definition) is 3. The van der Waals surface area contributed by atoms with E-state index in [0.29, 0.717) is 18.9 Å². The molecule has 2 atom stereocenters. The third-order valence-corrected chi connectivity index (χ3v) is 4.50. The van der Waals surface area contributed by atoms with Crippen LogP contribution in [0.4, 0.5) is 0 Å². The van der Waals surface area contributed by atoms with Crippen LogP contribution in [0.3, 0.4) is 0 Å². The second-order valence-corrected chi connectivity index (χ2v) is 6.28. The van der Waals surface area contributed by atoms with Crippen LogP contribution in [0.5, 0.6) is 0 Å². The highest BCUT2D eigenvalue weighted by Gasteiger charge is 2.38. The normalized spacial score (nSPS) is 28.6. The molecular formula is C14H25N3O2. The van der Waals surface area contributed by atoms with Gasteiger partial charge in [-0.25, -0.2) is 0 Å². The van der Waals surface area contributed by atoms with Gasteiger partial charge in [0.25, 0.3) is 0 Å². The predicted octanol–water partition coefficient (Wildman–Crippen LogP) is 0.407. The maximum atomic E-state index is 12.5. The fourth-order valence-electron chi connectivity index (χ4n) is 2.88. The van der Waals surface area contributed by atoms with Crippen molar-refractivity contribution in [2.24, 2.45) is 11.3 Å². The third kappa shape index (κ3) is 3.47. The molecule has 0 radical (unpaired) electrons. The number of piperidine rings is 2. The Bertz CT molecular complexity index is 339. The standard InChI is InChI=1S/C14H25N3O2/c1-14(2,10-4-3-7-15-8-10)13(19)17-11-5-6-12(18)16-9-11/h10-11,15H,3-9H2,1-2H3,(H,16,18)(H,17,19). The molecule has 19 heavy (non-hydrogen) atoms. The Morgan fingerprint density at radius 3 is 2.68 bits per heavy atom. The highest BCUT2D eigenvalue weighted by molar-refractivity contribution is 5.83. The van der Waals surface area contributed by atoms with Crippen LogP contribution in [0.25, 0.3) is 0 Å². The minimum absolute atomic E-state index is 0.0843. The maximum absolute atomic E-state index is 12.5. The molecule has 108 valence electrons. The summed E-state index contributed by atoms with van der Waals surface area (Å²) in [6.07, 6.45) is 3.50. The van der Waals surface area contributed by atoms with Gasteiger partial charge in [-0.3, -0.25) is 9.59 Å². The quantitative estimate of drug-likeness (QED) is 0.693. The summed E-state index contributed by atoms with van der Waals surface area (Å²) >= 11 is 0. The number of carbonyl (C=O) groups is 2. The Kier molecular flexibility index (Phi) is 4.45. The van der Waals surface area contributed by atoms with Crippen LogP contribution in [0.2, 0.25) is 0 Å². The summed E-state index contributed by atoms with van der Waals surface area (Å²) in [7, 11) is 0. The van der Waals surface area contributed by atoms with E-state index in [-0.39, 0.29) is 23.3 Å². The van der Waals surface area contributed by atoms with Crippen molar-refractivity contribution in [1.82, 2.24) is 16.0 Å². The molecule has 0 bridgehead atoms. The summed E-state index contributed by atoms with van der Waals surface area (Å²) in [4.78, 5) is 23.6. The van der Waals surface area contributed by atoms with Crippen molar-refractivity contribution in [2.75, 3.05) is 19.6 Å². The fraction of sp³-hybridized carbons (Fsp3) is 0.857. The Morgan fingerprint density at radius 1 is 1.32 bits per heavy atom. The van der Waals surface area contributed by atoms with Crippen LogP contribution in [0, 0.1) is 11.3 Å². The first-order chi connectivity index (χ1) is 9.00. The highest BCUT2D eigenvalue weighted by atomic mass is 16.2. The van der Waals surface area contributed by atoms with Gasteiger partial charge in [0.15, 0.2) is 0 Å². The minimum Gasteiger partial charge on any atom is -0.354 e. The van der Waals surface area contributed by atoms with E-state index >= 15 is 0 Å². The van der Waals surface area contributed by atoms with Gasteiger partial charge < -0.3 is 16.0 Å². The van der Waals surface area contributed by atoms with Crippen LogP contribution in [-0.2, 0) is 9.59 Å². The van der Waals surface area contributed by atoms with E-state index in [1.807, 2.05) is 13.8 Å². The van der Waals surface area contributed by atoms with Crippen LogP contribution < -0.4 is 16.0 Å². The molecule has 0 aromatic rings. The SMILES string of the molecule is CC(C)(C(=O)NC1CCC(=O)NC1)C1CCCNC1. The van der Waals surface area contributed by atoms with Crippen LogP contribution >= 0.6 is 0 Å². The topological polar surface area (TPSA) is 70.2 Å². The van der Waals surface area contributed by atoms with Crippen molar-refractivity contribution >= 4 is 11.8 Å². The lowest BCUT2D eigenvalue weighted by Gasteiger charge is -2.37. The molecule has 2 heterocycles. The van der Waals surface area contributed by atoms with E-state index < -0.39 is 0 Å². The second-order valence-electron chi connectivity index (χ2n) is 6.28. The van der Waals surface area contributed by atoms with Crippen molar-refractivity contribution in [3.05, 3.63) is 0 Å². The lowest BCUT2D eigenvalue weighted by atomic mass is 9.74. The first kappa shape index (κ1) is 14.3. The Balaban J connectivity index is 1.88. The van der Waals surface area contributed by atoms with E-state index in [2.05, 4.69) is 16.0 Å². The summed E-state index contributed by atoms with van der Waals surface area (Å²) in [6, 6.07) is 0.0843. The van der Waals surface area contributed by atoms with Gasteiger partial charge in [-0.15, -0.1) is 0 Å². The molecule has 0 spiro atoms. The van der Waals surface area contributed by atoms with Crippen LogP contribution in [0.15, 0.2) is 0 Å². The summed E-state index contributed by atoms with van der Waals surface area (Å²) in [5, 5.41) is 9.27. The molecular weight excluding hydrogens is 242 g/mol. The summed E-state index contributed by atoms with van der Waals surface area (Å²) in [6.45, 7) is 6.59. The van der Waals surface area contributed by atoms with E-state index in [1.54, 1.807) is 0 Å². The molecule has 2 rings (SSSR count). The van der Waals surface area contributed by atoms with Crippen molar-refractivity contribution in [2.45, 2.75) is 45.6 Å². The van der Waals surface area contributed by atoms with Gasteiger partial charge in [-0.05, 0) is 38.3 Å². The van der Waals surface area contributed by atoms with E-state index in [1.165, 1.54) is 0 Å². The molecule has 2 aliphatic rings. The van der Waals surface area contributed by atoms with Gasteiger partial charge in [-0.1, -0.05) is 13.8 Å². The number of amides is 2. The number of carbonyl (C=O) groups excluding carboxylic acids is 2. The molecule has 0 aromatic carbocycles. The molecule has 5 heteroatoms. The van der Waals surface area contributed by atoms with Gasteiger partial charge in [0.2, 0.25) is 11.8 Å². The molecule has 2 aliphatic heterocycles. The van der Waals surface area contributed by atoms with Gasteiger partial charge in [-0.2, -0.15) is 0 Å². The lowest BCUT2D eigenvalue weighted by molar-refractivity contribution is -0.134. The number of rotatable bonds is 3. The average molecular weight is 267 g/mol. The third-order valence-electron chi connectivity index (χ3n) is 4.50. The zero-order chi connectivity index (χ0) is 13.9. The smallest absolute Gasteiger partial charge is 0.226 e. The van der Waals surface area contributed by atoms with Crippen molar-refractivity contribution in [3.8, 4) is 0 Å². The van der Waals surface area contributed by atoms with Gasteiger partial charge in [0, 0.05) is 24.4 Å². The summed E-state index contributed by atoms with van der Waals surface area (Å²) < 4.78 is 0. The first-order valence-corrected chi connectivity index (χ1v) is 7.28. The molecule has 2 unspecified atom stereocenters. The summed E-state index contributed by atoms with van der Waals surface area (Å²) in [5.41, 5.74) is -0.352. The maximum Gasteiger partial charge on any atom is 0.226 e. The Labute approximate surface area is 114 Å². The number of nitrogens with one attached hydrogen (secondary N) is 3. The molecule has 0 saturated carbocycles. The van der Waals surface area contributed by atoms with E-state index in [9.17, 15) is 9.59 Å². The molecule has 2 saturated heterocycles. The summed E-state index contributed by atoms with van der Waals surface area (Å²) in [5.74, 6) is 0.586. The molecule has 2 amide bonds. The average Bonchev–Trinajstić information content (AvgIpc) is 2.42. The molecule has 0 aromatic heterocycles. The second kappa shape index (κ2) is 5.90. The van der Waals surface area contributed by atoms with Crippen molar-refractivity contribution in [3.63, 3.8) is 0 Å². The van der Waals surface area contributed by atoms with Gasteiger partial charge >= 0.3 is 0 Å². The lowest BCUT2D eigenvalue weighted by Crippen LogP contribution is -2.53. The fourth-order valence-corrected chi connectivity index (χ4v) is 2.88. The monoisotopic (exact) mass is 267 g/mol. The Morgan fingerprint density at radius 2 is 2.11 bits per heavy atom. The zero-order valence-electron chi connectivity index (χ0n) is 11.9. The molecule has 5 nitrogen and oxygen atoms in total. The minimum atomic E-state index is -0.352. The Hall–Kier alpha value is -1.10. The molecule has 3 N–H and O–H groups in total. The largest absolute Gasteiger partial charge is 0.354 e. The van der Waals surface area contributed by atoms with Crippen molar-refractivity contribution in [1.29, 1.82) is 0 Å². The van der Waals surface area contributed by atoms with Gasteiger partial charge in [0.1, 0.15) is 0 Å². The zero-order valence-corrected chi connectivity index (χ0v) is 11.9.